The number of aliphatic imine (C=N–C) groups is 1. The van der Waals surface area contributed by atoms with Gasteiger partial charge in [0.15, 0.2) is 5.96 Å². The summed E-state index contributed by atoms with van der Waals surface area (Å²) in [5, 5.41) is 3.45. The van der Waals surface area contributed by atoms with E-state index in [0.717, 1.165) is 64.2 Å². The predicted octanol–water partition coefficient (Wildman–Crippen LogP) is 3.47. The highest BCUT2D eigenvalue weighted by Gasteiger charge is 2.28. The van der Waals surface area contributed by atoms with Gasteiger partial charge >= 0.3 is 5.97 Å². The molecule has 0 spiro atoms. The first-order valence-electron chi connectivity index (χ1n) is 10.2. The minimum Gasteiger partial charge on any atom is -0.469 e. The number of unbranched alkanes of at least 4 members (excludes halogenated alkanes) is 3. The molecule has 0 saturated carbocycles. The molecule has 0 aliphatic carbocycles. The number of likely N-dealkylation sites (tertiary alicyclic amines) is 1. The van der Waals surface area contributed by atoms with Crippen molar-refractivity contribution in [3.05, 3.63) is 18.7 Å². The number of carbonyl (C=O) groups excluding carboxylic acids is 1. The number of nitrogens with zero attached hydrogens (tertiary/aromatic N) is 4. The van der Waals surface area contributed by atoms with Crippen molar-refractivity contribution in [3.63, 3.8) is 0 Å². The summed E-state index contributed by atoms with van der Waals surface area (Å²) in [6.45, 7) is 8.13. The van der Waals surface area contributed by atoms with Crippen LogP contribution in [0.3, 0.4) is 0 Å². The Labute approximate surface area is 186 Å². The monoisotopic (exact) mass is 505 g/mol. The molecule has 2 atom stereocenters. The van der Waals surface area contributed by atoms with Gasteiger partial charge in [0.2, 0.25) is 0 Å². The molecule has 0 bridgehead atoms. The molecular formula is C20H36IN5O2. The average molecular weight is 505 g/mol. The number of imidazole rings is 1. The summed E-state index contributed by atoms with van der Waals surface area (Å²) in [6.07, 6.45) is 11.6. The van der Waals surface area contributed by atoms with E-state index in [2.05, 4.69) is 44.5 Å². The Morgan fingerprint density at radius 3 is 2.79 bits per heavy atom. The summed E-state index contributed by atoms with van der Waals surface area (Å²) in [6, 6.07) is 0.434. The zero-order chi connectivity index (χ0) is 19.5. The van der Waals surface area contributed by atoms with Crippen molar-refractivity contribution in [2.45, 2.75) is 58.4 Å². The first-order chi connectivity index (χ1) is 13.2. The Kier molecular flexibility index (Phi) is 12.2. The summed E-state index contributed by atoms with van der Waals surface area (Å²) < 4.78 is 6.89. The highest BCUT2D eigenvalue weighted by atomic mass is 127. The van der Waals surface area contributed by atoms with Crippen LogP contribution in [-0.4, -0.2) is 59.7 Å². The number of hydrogen-bond donors (Lipinski definition) is 1. The molecule has 0 amide bonds. The van der Waals surface area contributed by atoms with Gasteiger partial charge in [0, 0.05) is 45.0 Å². The van der Waals surface area contributed by atoms with E-state index < -0.39 is 0 Å². The number of ether oxygens (including phenoxy) is 1. The fourth-order valence-electron chi connectivity index (χ4n) is 3.54. The van der Waals surface area contributed by atoms with Gasteiger partial charge in [-0.05, 0) is 32.1 Å². The van der Waals surface area contributed by atoms with Crippen LogP contribution < -0.4 is 5.32 Å². The lowest BCUT2D eigenvalue weighted by molar-refractivity contribution is -0.140. The van der Waals surface area contributed by atoms with Crippen LogP contribution in [0, 0.1) is 5.92 Å². The highest BCUT2D eigenvalue weighted by molar-refractivity contribution is 14.0. The van der Waals surface area contributed by atoms with Crippen molar-refractivity contribution < 1.29 is 9.53 Å². The number of piperidine rings is 1. The fraction of sp³-hybridized carbons (Fsp3) is 0.750. The zero-order valence-electron chi connectivity index (χ0n) is 17.5. The molecular weight excluding hydrogens is 469 g/mol. The molecule has 1 aromatic heterocycles. The van der Waals surface area contributed by atoms with Gasteiger partial charge in [0.1, 0.15) is 0 Å². The minimum absolute atomic E-state index is 0. The second-order valence-corrected chi connectivity index (χ2v) is 7.27. The Bertz CT molecular complexity index is 579. The molecule has 28 heavy (non-hydrogen) atoms. The number of rotatable bonds is 9. The van der Waals surface area contributed by atoms with Crippen molar-refractivity contribution in [2.24, 2.45) is 10.9 Å². The van der Waals surface area contributed by atoms with Gasteiger partial charge in [0.05, 0.1) is 19.5 Å². The molecule has 2 rings (SSSR count). The van der Waals surface area contributed by atoms with Gasteiger partial charge in [-0.3, -0.25) is 9.79 Å². The van der Waals surface area contributed by atoms with Gasteiger partial charge in [-0.15, -0.1) is 24.0 Å². The number of hydrogen-bond acceptors (Lipinski definition) is 4. The van der Waals surface area contributed by atoms with Gasteiger partial charge in [-0.1, -0.05) is 19.8 Å². The number of methoxy groups -OCH3 is 1. The van der Waals surface area contributed by atoms with Gasteiger partial charge in [-0.25, -0.2) is 4.98 Å². The smallest absolute Gasteiger partial charge is 0.305 e. The van der Waals surface area contributed by atoms with E-state index in [0.29, 0.717) is 18.4 Å². The summed E-state index contributed by atoms with van der Waals surface area (Å²) in [7, 11) is 1.44. The van der Waals surface area contributed by atoms with Crippen molar-refractivity contribution in [3.8, 4) is 0 Å². The maximum absolute atomic E-state index is 11.1. The Morgan fingerprint density at radius 1 is 1.32 bits per heavy atom. The molecule has 160 valence electrons. The van der Waals surface area contributed by atoms with Crippen LogP contribution in [0.5, 0.6) is 0 Å². The van der Waals surface area contributed by atoms with E-state index in [1.165, 1.54) is 7.11 Å². The molecule has 8 heteroatoms. The number of carbonyl (C=O) groups is 1. The maximum atomic E-state index is 11.1. The Hall–Kier alpha value is -1.32. The third-order valence-corrected chi connectivity index (χ3v) is 5.24. The van der Waals surface area contributed by atoms with Crippen molar-refractivity contribution in [2.75, 3.05) is 33.3 Å². The van der Waals surface area contributed by atoms with Gasteiger partial charge < -0.3 is 19.5 Å². The van der Waals surface area contributed by atoms with Crippen LogP contribution in [0.1, 0.15) is 58.4 Å². The summed E-state index contributed by atoms with van der Waals surface area (Å²) in [4.78, 5) is 22.5. The van der Waals surface area contributed by atoms with E-state index in [1.54, 1.807) is 0 Å². The van der Waals surface area contributed by atoms with Crippen LogP contribution in [0.25, 0.3) is 0 Å². The van der Waals surface area contributed by atoms with E-state index in [-0.39, 0.29) is 29.9 Å². The van der Waals surface area contributed by atoms with E-state index in [1.807, 2.05) is 12.5 Å². The van der Waals surface area contributed by atoms with Crippen LogP contribution in [0.2, 0.25) is 0 Å². The van der Waals surface area contributed by atoms with E-state index in [4.69, 9.17) is 4.99 Å². The average Bonchev–Trinajstić information content (AvgIpc) is 3.21. The molecule has 0 aromatic carbocycles. The Balaban J connectivity index is 0.00000392. The largest absolute Gasteiger partial charge is 0.469 e. The van der Waals surface area contributed by atoms with Crippen LogP contribution >= 0.6 is 24.0 Å². The molecule has 1 fully saturated rings. The topological polar surface area (TPSA) is 71.8 Å². The number of halogens is 1. The second-order valence-electron chi connectivity index (χ2n) is 7.27. The molecule has 1 aliphatic heterocycles. The number of guanidine groups is 1. The third kappa shape index (κ3) is 7.97. The molecule has 7 nitrogen and oxygen atoms in total. The minimum atomic E-state index is -0.116. The van der Waals surface area contributed by atoms with Gasteiger partial charge in [0.25, 0.3) is 0 Å². The lowest BCUT2D eigenvalue weighted by Gasteiger charge is -2.39. The SMILES string of the molecule is CCNC(=NCCCCCCC(=O)OC)N1CCC(C)C(n2ccnc2)C1.I. The fourth-order valence-corrected chi connectivity index (χ4v) is 3.54. The van der Waals surface area contributed by atoms with Crippen LogP contribution in [0.15, 0.2) is 23.7 Å². The number of aromatic nitrogens is 2. The number of esters is 1. The summed E-state index contributed by atoms with van der Waals surface area (Å²) in [5.41, 5.74) is 0. The number of nitrogens with one attached hydrogen (secondary N) is 1. The van der Waals surface area contributed by atoms with E-state index in [9.17, 15) is 4.79 Å². The molecule has 0 radical (unpaired) electrons. The normalized spacial score (nSPS) is 19.8. The molecule has 1 aromatic rings. The van der Waals surface area contributed by atoms with Crippen molar-refractivity contribution in [1.82, 2.24) is 19.8 Å². The lowest BCUT2D eigenvalue weighted by atomic mass is 9.93. The second kappa shape index (κ2) is 13.8. The Morgan fingerprint density at radius 2 is 2.11 bits per heavy atom. The molecule has 1 saturated heterocycles. The van der Waals surface area contributed by atoms with Crippen molar-refractivity contribution in [1.29, 1.82) is 0 Å². The van der Waals surface area contributed by atoms with Crippen LogP contribution in [-0.2, 0) is 9.53 Å². The third-order valence-electron chi connectivity index (χ3n) is 5.24. The quantitative estimate of drug-likeness (QED) is 0.183. The highest BCUT2D eigenvalue weighted by Crippen LogP contribution is 2.27. The summed E-state index contributed by atoms with van der Waals surface area (Å²) in [5.74, 6) is 1.53. The summed E-state index contributed by atoms with van der Waals surface area (Å²) >= 11 is 0. The molecule has 1 N–H and O–H groups in total. The van der Waals surface area contributed by atoms with E-state index >= 15 is 0 Å². The first-order valence-corrected chi connectivity index (χ1v) is 10.2. The van der Waals surface area contributed by atoms with Gasteiger partial charge in [-0.2, -0.15) is 0 Å². The zero-order valence-corrected chi connectivity index (χ0v) is 19.8. The molecule has 2 heterocycles. The predicted molar refractivity (Wildman–Crippen MR) is 123 cm³/mol. The first kappa shape index (κ1) is 24.7. The lowest BCUT2D eigenvalue weighted by Crippen LogP contribution is -2.49. The van der Waals surface area contributed by atoms with Crippen LogP contribution in [0.4, 0.5) is 0 Å². The standard InChI is InChI=1S/C20H35N5O2.HI/c1-4-22-20(23-11-8-6-5-7-9-19(26)27-3)24-13-10-17(2)18(15-24)25-14-12-21-16-25;/h12,14,16-18H,4-11,13,15H2,1-3H3,(H,22,23);1H. The van der Waals surface area contributed by atoms with Crippen molar-refractivity contribution >= 4 is 35.9 Å². The molecule has 1 aliphatic rings. The maximum Gasteiger partial charge on any atom is 0.305 e. The molecule has 2 unspecified atom stereocenters.